The molecule has 1 aromatic carbocycles. The molecule has 0 amide bonds. The molecule has 1 aliphatic heterocycles. The lowest BCUT2D eigenvalue weighted by atomic mass is 9.77. The topological polar surface area (TPSA) is 34.2 Å². The minimum Gasteiger partial charge on any atom is -0.487 e. The molecule has 2 heterocycles. The molecule has 110 valence electrons. The molecule has 1 fully saturated rings. The first-order valence-corrected chi connectivity index (χ1v) is 8.43. The molecule has 1 N–H and O–H groups in total. The van der Waals surface area contributed by atoms with Gasteiger partial charge in [-0.05, 0) is 32.8 Å². The van der Waals surface area contributed by atoms with E-state index in [1.165, 1.54) is 18.4 Å². The second kappa shape index (κ2) is 4.55. The Morgan fingerprint density at radius 3 is 2.81 bits per heavy atom. The van der Waals surface area contributed by atoms with Crippen LogP contribution in [-0.4, -0.2) is 16.6 Å². The smallest absolute Gasteiger partial charge is 0.125 e. The third-order valence-electron chi connectivity index (χ3n) is 4.25. The zero-order chi connectivity index (χ0) is 14.5. The quantitative estimate of drug-likeness (QED) is 0.938. The summed E-state index contributed by atoms with van der Waals surface area (Å²) in [6, 6.07) is 9.01. The molecule has 0 saturated heterocycles. The summed E-state index contributed by atoms with van der Waals surface area (Å²) in [5.41, 5.74) is 0.807. The molecule has 3 nitrogen and oxygen atoms in total. The van der Waals surface area contributed by atoms with E-state index in [-0.39, 0.29) is 11.1 Å². The largest absolute Gasteiger partial charge is 0.487 e. The fourth-order valence-corrected chi connectivity index (χ4v) is 4.18. The van der Waals surface area contributed by atoms with Gasteiger partial charge in [0.1, 0.15) is 21.9 Å². The van der Waals surface area contributed by atoms with E-state index in [0.717, 1.165) is 17.2 Å². The van der Waals surface area contributed by atoms with Gasteiger partial charge in [-0.2, -0.15) is 0 Å². The Morgan fingerprint density at radius 2 is 2.10 bits per heavy atom. The maximum Gasteiger partial charge on any atom is 0.125 e. The lowest BCUT2D eigenvalue weighted by molar-refractivity contribution is 0.0442. The van der Waals surface area contributed by atoms with E-state index in [2.05, 4.69) is 47.7 Å². The van der Waals surface area contributed by atoms with E-state index in [9.17, 15) is 0 Å². The predicted molar refractivity (Wildman–Crippen MR) is 84.8 cm³/mol. The molecule has 0 radical (unpaired) electrons. The highest BCUT2D eigenvalue weighted by Gasteiger charge is 2.50. The van der Waals surface area contributed by atoms with Gasteiger partial charge < -0.3 is 4.74 Å². The van der Waals surface area contributed by atoms with Crippen LogP contribution < -0.4 is 10.1 Å². The Morgan fingerprint density at radius 1 is 1.29 bits per heavy atom. The molecule has 2 aromatic rings. The van der Waals surface area contributed by atoms with Crippen LogP contribution in [-0.2, 0) is 5.54 Å². The van der Waals surface area contributed by atoms with Crippen molar-refractivity contribution < 1.29 is 4.74 Å². The number of rotatable bonds is 3. The van der Waals surface area contributed by atoms with Crippen LogP contribution in [0.25, 0.3) is 0 Å². The van der Waals surface area contributed by atoms with Crippen molar-refractivity contribution in [1.29, 1.82) is 0 Å². The third kappa shape index (κ3) is 2.27. The summed E-state index contributed by atoms with van der Waals surface area (Å²) in [5.74, 6) is 0.983. The van der Waals surface area contributed by atoms with Crippen LogP contribution in [0.2, 0.25) is 0 Å². The first kappa shape index (κ1) is 13.3. The van der Waals surface area contributed by atoms with E-state index in [0.29, 0.717) is 6.04 Å². The number of thiazole rings is 1. The first-order chi connectivity index (χ1) is 10.1. The summed E-state index contributed by atoms with van der Waals surface area (Å²) in [4.78, 5) is 4.66. The Kier molecular flexibility index (Phi) is 2.88. The van der Waals surface area contributed by atoms with Crippen LogP contribution in [0.15, 0.2) is 35.8 Å². The Hall–Kier alpha value is -1.39. The summed E-state index contributed by atoms with van der Waals surface area (Å²) in [6.07, 6.45) is 5.33. The van der Waals surface area contributed by atoms with Gasteiger partial charge >= 0.3 is 0 Å². The van der Waals surface area contributed by atoms with Crippen molar-refractivity contribution >= 4 is 11.3 Å². The molecule has 0 bridgehead atoms. The summed E-state index contributed by atoms with van der Waals surface area (Å²) in [5, 5.41) is 7.11. The van der Waals surface area contributed by atoms with Gasteiger partial charge in [0.2, 0.25) is 0 Å². The first-order valence-electron chi connectivity index (χ1n) is 7.55. The van der Waals surface area contributed by atoms with Crippen molar-refractivity contribution in [3.63, 3.8) is 0 Å². The summed E-state index contributed by atoms with van der Waals surface area (Å²) >= 11 is 1.73. The maximum atomic E-state index is 6.21. The van der Waals surface area contributed by atoms with Crippen LogP contribution >= 0.6 is 11.3 Å². The normalized spacial score (nSPS) is 27.0. The number of benzene rings is 1. The Bertz CT molecular complexity index is 649. The van der Waals surface area contributed by atoms with E-state index in [1.54, 1.807) is 11.3 Å². The molecular weight excluding hydrogens is 280 g/mol. The van der Waals surface area contributed by atoms with Crippen LogP contribution in [0.1, 0.15) is 43.7 Å². The van der Waals surface area contributed by atoms with Crippen LogP contribution in [0.4, 0.5) is 0 Å². The number of para-hydroxylation sites is 1. The Labute approximate surface area is 129 Å². The van der Waals surface area contributed by atoms with Gasteiger partial charge in [-0.25, -0.2) is 4.98 Å². The van der Waals surface area contributed by atoms with Gasteiger partial charge in [0, 0.05) is 29.6 Å². The second-order valence-corrected chi connectivity index (χ2v) is 7.59. The molecule has 4 heteroatoms. The monoisotopic (exact) mass is 300 g/mol. The summed E-state index contributed by atoms with van der Waals surface area (Å²) in [6.45, 7) is 4.33. The minimum atomic E-state index is -0.215. The van der Waals surface area contributed by atoms with E-state index in [1.807, 2.05) is 12.3 Å². The van der Waals surface area contributed by atoms with Gasteiger partial charge in [0.15, 0.2) is 0 Å². The van der Waals surface area contributed by atoms with Crippen molar-refractivity contribution in [3.05, 3.63) is 46.4 Å². The van der Waals surface area contributed by atoms with Crippen LogP contribution in [0, 0.1) is 0 Å². The summed E-state index contributed by atoms with van der Waals surface area (Å²) in [7, 11) is 0. The van der Waals surface area contributed by atoms with Gasteiger partial charge in [-0.3, -0.25) is 5.32 Å². The van der Waals surface area contributed by atoms with Crippen molar-refractivity contribution in [2.75, 3.05) is 0 Å². The SMILES string of the molecule is CC1(C)CC(NC2CC2)(c2nccs2)c2ccccc2O1. The predicted octanol–water partition coefficient (Wildman–Crippen LogP) is 3.70. The molecule has 1 atom stereocenters. The molecule has 4 rings (SSSR count). The Balaban J connectivity index is 1.91. The van der Waals surface area contributed by atoms with Gasteiger partial charge in [0.05, 0.1) is 0 Å². The highest BCUT2D eigenvalue weighted by atomic mass is 32.1. The molecule has 1 saturated carbocycles. The maximum absolute atomic E-state index is 6.21. The van der Waals surface area contributed by atoms with E-state index in [4.69, 9.17) is 4.74 Å². The van der Waals surface area contributed by atoms with Crippen molar-refractivity contribution in [3.8, 4) is 5.75 Å². The second-order valence-electron chi connectivity index (χ2n) is 6.70. The zero-order valence-electron chi connectivity index (χ0n) is 12.4. The highest BCUT2D eigenvalue weighted by molar-refractivity contribution is 7.09. The fourth-order valence-electron chi connectivity index (χ4n) is 3.37. The molecule has 1 aromatic heterocycles. The molecule has 1 unspecified atom stereocenters. The van der Waals surface area contributed by atoms with E-state index < -0.39 is 0 Å². The molecule has 1 aliphatic carbocycles. The number of hydrogen-bond acceptors (Lipinski definition) is 4. The molecule has 21 heavy (non-hydrogen) atoms. The number of nitrogens with zero attached hydrogens (tertiary/aromatic N) is 1. The number of hydrogen-bond donors (Lipinski definition) is 1. The summed E-state index contributed by atoms with van der Waals surface area (Å²) < 4.78 is 6.21. The average Bonchev–Trinajstić information content (AvgIpc) is 3.06. The lowest BCUT2D eigenvalue weighted by Crippen LogP contribution is -2.53. The van der Waals surface area contributed by atoms with Crippen LogP contribution in [0.3, 0.4) is 0 Å². The average molecular weight is 300 g/mol. The molecule has 2 aliphatic rings. The number of aromatic nitrogens is 1. The zero-order valence-corrected chi connectivity index (χ0v) is 13.2. The van der Waals surface area contributed by atoms with Gasteiger partial charge in [-0.1, -0.05) is 18.2 Å². The van der Waals surface area contributed by atoms with Crippen molar-refractivity contribution in [2.24, 2.45) is 0 Å². The molecule has 0 spiro atoms. The molecular formula is C17H20N2OS. The number of nitrogens with one attached hydrogen (secondary N) is 1. The minimum absolute atomic E-state index is 0.206. The standard InChI is InChI=1S/C17H20N2OS/c1-16(2)11-17(19-12-7-8-12,15-18-9-10-21-15)13-5-3-4-6-14(13)20-16/h3-6,9-10,12,19H,7-8,11H2,1-2H3. The fraction of sp³-hybridized carbons (Fsp3) is 0.471. The number of fused-ring (bicyclic) bond motifs is 1. The number of ether oxygens (including phenoxy) is 1. The third-order valence-corrected chi connectivity index (χ3v) is 5.18. The van der Waals surface area contributed by atoms with Crippen LogP contribution in [0.5, 0.6) is 5.75 Å². The van der Waals surface area contributed by atoms with Crippen molar-refractivity contribution in [2.45, 2.75) is 50.3 Å². The van der Waals surface area contributed by atoms with Gasteiger partial charge in [0.25, 0.3) is 0 Å². The van der Waals surface area contributed by atoms with Gasteiger partial charge in [-0.15, -0.1) is 11.3 Å². The van der Waals surface area contributed by atoms with E-state index >= 15 is 0 Å². The highest BCUT2D eigenvalue weighted by Crippen LogP contribution is 2.49. The van der Waals surface area contributed by atoms with Crippen molar-refractivity contribution in [1.82, 2.24) is 10.3 Å². The lowest BCUT2D eigenvalue weighted by Gasteiger charge is -2.45.